The number of aromatic nitrogens is 3. The van der Waals surface area contributed by atoms with Crippen molar-refractivity contribution in [1.82, 2.24) is 14.8 Å². The maximum atomic E-state index is 12.5. The van der Waals surface area contributed by atoms with E-state index in [1.54, 1.807) is 0 Å². The van der Waals surface area contributed by atoms with Gasteiger partial charge in [-0.3, -0.25) is 4.79 Å². The minimum Gasteiger partial charge on any atom is -0.485 e. The molecule has 0 unspecified atom stereocenters. The molecule has 3 aromatic rings. The Kier molecular flexibility index (Phi) is 5.29. The van der Waals surface area contributed by atoms with Gasteiger partial charge in [-0.05, 0) is 37.0 Å². The number of nitriles is 1. The average Bonchev–Trinajstić information content (AvgIpc) is 3.46. The first-order valence-corrected chi connectivity index (χ1v) is 11.7. The number of aryl methyl sites for hydroxylation is 1. The van der Waals surface area contributed by atoms with Crippen LogP contribution in [-0.2, 0) is 24.7 Å². The minimum atomic E-state index is -0.373. The van der Waals surface area contributed by atoms with Gasteiger partial charge >= 0.3 is 0 Å². The Hall–Kier alpha value is -3.03. The third kappa shape index (κ3) is 3.75. The number of rotatable bonds is 5. The summed E-state index contributed by atoms with van der Waals surface area (Å²) in [5, 5.41) is 22.1. The fourth-order valence-corrected chi connectivity index (χ4v) is 5.76. The van der Waals surface area contributed by atoms with Gasteiger partial charge in [0.2, 0.25) is 5.91 Å². The molecule has 8 nitrogen and oxygen atoms in total. The second-order valence-electron chi connectivity index (χ2n) is 7.27. The molecule has 1 aromatic carbocycles. The Morgan fingerprint density at radius 3 is 3.03 bits per heavy atom. The predicted molar refractivity (Wildman–Crippen MR) is 117 cm³/mol. The van der Waals surface area contributed by atoms with Crippen LogP contribution >= 0.6 is 23.1 Å². The summed E-state index contributed by atoms with van der Waals surface area (Å²) in [6.07, 6.45) is 2.61. The van der Waals surface area contributed by atoms with Crippen LogP contribution in [0.1, 0.15) is 34.4 Å². The van der Waals surface area contributed by atoms with Gasteiger partial charge in [-0.25, -0.2) is 0 Å². The van der Waals surface area contributed by atoms with Crippen molar-refractivity contribution in [3.63, 3.8) is 0 Å². The number of hydrogen-bond acceptors (Lipinski definition) is 8. The van der Waals surface area contributed by atoms with Crippen LogP contribution in [0.3, 0.4) is 0 Å². The number of hydrogen-bond donors (Lipinski definition) is 1. The summed E-state index contributed by atoms with van der Waals surface area (Å²) in [5.74, 6) is 2.02. The van der Waals surface area contributed by atoms with Crippen LogP contribution in [0, 0.1) is 11.3 Å². The quantitative estimate of drug-likeness (QED) is 0.590. The summed E-state index contributed by atoms with van der Waals surface area (Å²) in [6.45, 7) is 0.341. The molecule has 0 saturated carbocycles. The molecular formula is C21H19N5O3S2. The van der Waals surface area contributed by atoms with Gasteiger partial charge in [-0.1, -0.05) is 23.9 Å². The number of para-hydroxylation sites is 2. The number of nitrogens with one attached hydrogen (secondary N) is 1. The third-order valence-corrected chi connectivity index (χ3v) is 7.51. The summed E-state index contributed by atoms with van der Waals surface area (Å²) in [4.78, 5) is 13.7. The summed E-state index contributed by atoms with van der Waals surface area (Å²) >= 11 is 2.81. The molecule has 2 aromatic heterocycles. The zero-order valence-electron chi connectivity index (χ0n) is 16.8. The van der Waals surface area contributed by atoms with Crippen LogP contribution in [0.5, 0.6) is 11.5 Å². The van der Waals surface area contributed by atoms with Crippen molar-refractivity contribution in [2.45, 2.75) is 30.5 Å². The van der Waals surface area contributed by atoms with Crippen molar-refractivity contribution in [3.05, 3.63) is 46.1 Å². The zero-order valence-corrected chi connectivity index (χ0v) is 18.4. The number of ether oxygens (including phenoxy) is 2. The summed E-state index contributed by atoms with van der Waals surface area (Å²) in [7, 11) is 1.84. The molecule has 1 aliphatic carbocycles. The van der Waals surface area contributed by atoms with Gasteiger partial charge in [0.25, 0.3) is 0 Å². The Balaban J connectivity index is 1.23. The summed E-state index contributed by atoms with van der Waals surface area (Å²) in [6, 6.07) is 9.75. The van der Waals surface area contributed by atoms with Crippen molar-refractivity contribution < 1.29 is 14.3 Å². The molecule has 0 bridgehead atoms. The molecule has 31 heavy (non-hydrogen) atoms. The number of anilines is 1. The fraction of sp³-hybridized carbons (Fsp3) is 0.333. The predicted octanol–water partition coefficient (Wildman–Crippen LogP) is 3.48. The van der Waals surface area contributed by atoms with Crippen LogP contribution in [0.4, 0.5) is 5.00 Å². The lowest BCUT2D eigenvalue weighted by Crippen LogP contribution is -2.24. The molecule has 5 rings (SSSR count). The number of carbonyl (C=O) groups excluding carboxylic acids is 1. The highest BCUT2D eigenvalue weighted by Gasteiger charge is 2.28. The molecule has 10 heteroatoms. The molecule has 3 heterocycles. The highest BCUT2D eigenvalue weighted by atomic mass is 32.2. The minimum absolute atomic E-state index is 0.169. The maximum Gasteiger partial charge on any atom is 0.235 e. The van der Waals surface area contributed by atoms with Crippen molar-refractivity contribution >= 4 is 34.0 Å². The second-order valence-corrected chi connectivity index (χ2v) is 9.32. The van der Waals surface area contributed by atoms with Gasteiger partial charge in [0.05, 0.1) is 11.3 Å². The van der Waals surface area contributed by atoms with Crippen LogP contribution in [0.15, 0.2) is 29.4 Å². The van der Waals surface area contributed by atoms with E-state index in [-0.39, 0.29) is 17.8 Å². The number of thioether (sulfide) groups is 1. The van der Waals surface area contributed by atoms with Gasteiger partial charge in [-0.15, -0.1) is 21.5 Å². The van der Waals surface area contributed by atoms with Crippen molar-refractivity contribution in [2.24, 2.45) is 7.05 Å². The standard InChI is InChI=1S/C21H19N5O3S2/c1-26-19(16-10-28-14-6-2-3-7-15(14)29-16)24-25-21(26)30-11-18(27)23-20-13(9-22)12-5-4-8-17(12)31-20/h2-3,6-7,16H,4-5,8,10-11H2,1H3,(H,23,27)/t16-/m0/s1. The van der Waals surface area contributed by atoms with Gasteiger partial charge in [0.15, 0.2) is 28.6 Å². The van der Waals surface area contributed by atoms with E-state index in [1.807, 2.05) is 35.9 Å². The Morgan fingerprint density at radius 2 is 2.19 bits per heavy atom. The molecule has 1 atom stereocenters. The van der Waals surface area contributed by atoms with E-state index in [9.17, 15) is 10.1 Å². The highest BCUT2D eigenvalue weighted by Crippen LogP contribution is 2.39. The number of benzene rings is 1. The third-order valence-electron chi connectivity index (χ3n) is 5.28. The molecule has 0 spiro atoms. The van der Waals surface area contributed by atoms with E-state index in [0.717, 1.165) is 24.8 Å². The van der Waals surface area contributed by atoms with E-state index in [0.29, 0.717) is 39.7 Å². The van der Waals surface area contributed by atoms with E-state index in [4.69, 9.17) is 9.47 Å². The lowest BCUT2D eigenvalue weighted by atomic mass is 10.1. The van der Waals surface area contributed by atoms with Crippen molar-refractivity contribution in [1.29, 1.82) is 5.26 Å². The fourth-order valence-electron chi connectivity index (χ4n) is 3.78. The first kappa shape index (κ1) is 19.9. The molecule has 1 amide bonds. The van der Waals surface area contributed by atoms with Crippen molar-refractivity contribution in [3.8, 4) is 17.6 Å². The van der Waals surface area contributed by atoms with Crippen LogP contribution in [0.25, 0.3) is 0 Å². The lowest BCUT2D eigenvalue weighted by molar-refractivity contribution is -0.113. The Morgan fingerprint density at radius 1 is 1.35 bits per heavy atom. The maximum absolute atomic E-state index is 12.5. The molecule has 0 saturated heterocycles. The summed E-state index contributed by atoms with van der Waals surface area (Å²) in [5.41, 5.74) is 1.72. The topological polar surface area (TPSA) is 102 Å². The summed E-state index contributed by atoms with van der Waals surface area (Å²) < 4.78 is 13.6. The molecular weight excluding hydrogens is 434 g/mol. The zero-order chi connectivity index (χ0) is 21.4. The number of carbonyl (C=O) groups is 1. The van der Waals surface area contributed by atoms with Gasteiger partial charge in [0, 0.05) is 11.9 Å². The molecule has 0 radical (unpaired) electrons. The second kappa shape index (κ2) is 8.24. The lowest BCUT2D eigenvalue weighted by Gasteiger charge is -2.25. The SMILES string of the molecule is Cn1c(SCC(=O)Nc2sc3c(c2C#N)CCC3)nnc1[C@@H]1COc2ccccc2O1. The van der Waals surface area contributed by atoms with E-state index < -0.39 is 0 Å². The smallest absolute Gasteiger partial charge is 0.235 e. The molecule has 1 N–H and O–H groups in total. The number of fused-ring (bicyclic) bond motifs is 2. The normalized spacial score (nSPS) is 16.6. The van der Waals surface area contributed by atoms with Gasteiger partial charge < -0.3 is 19.4 Å². The van der Waals surface area contributed by atoms with Crippen LogP contribution in [0.2, 0.25) is 0 Å². The number of nitrogens with zero attached hydrogens (tertiary/aromatic N) is 4. The van der Waals surface area contributed by atoms with Crippen molar-refractivity contribution in [2.75, 3.05) is 17.7 Å². The number of amides is 1. The Labute approximate surface area is 187 Å². The first-order chi connectivity index (χ1) is 15.1. The largest absolute Gasteiger partial charge is 0.485 e. The van der Waals surface area contributed by atoms with E-state index in [1.165, 1.54) is 28.0 Å². The molecule has 2 aliphatic rings. The Bertz CT molecular complexity index is 1200. The van der Waals surface area contributed by atoms with E-state index >= 15 is 0 Å². The average molecular weight is 454 g/mol. The van der Waals surface area contributed by atoms with Gasteiger partial charge in [-0.2, -0.15) is 5.26 Å². The molecule has 158 valence electrons. The highest BCUT2D eigenvalue weighted by molar-refractivity contribution is 7.99. The van der Waals surface area contributed by atoms with Gasteiger partial charge in [0.1, 0.15) is 17.7 Å². The first-order valence-electron chi connectivity index (χ1n) is 9.89. The van der Waals surface area contributed by atoms with Crippen LogP contribution in [-0.4, -0.2) is 33.0 Å². The van der Waals surface area contributed by atoms with Crippen LogP contribution < -0.4 is 14.8 Å². The van der Waals surface area contributed by atoms with E-state index in [2.05, 4.69) is 21.6 Å². The monoisotopic (exact) mass is 453 g/mol. The number of thiophene rings is 1. The molecule has 1 aliphatic heterocycles. The molecule has 0 fully saturated rings.